The van der Waals surface area contributed by atoms with E-state index in [-0.39, 0.29) is 5.69 Å². The van der Waals surface area contributed by atoms with E-state index >= 15 is 0 Å². The highest BCUT2D eigenvalue weighted by Crippen LogP contribution is 2.82. The molecule has 1 spiro atoms. The first kappa shape index (κ1) is 22.8. The Labute approximate surface area is 204 Å². The van der Waals surface area contributed by atoms with Gasteiger partial charge in [0, 0.05) is 18.6 Å². The van der Waals surface area contributed by atoms with Crippen molar-refractivity contribution in [3.05, 3.63) is 23.9 Å². The minimum Gasteiger partial charge on any atom is -0.477 e. The van der Waals surface area contributed by atoms with E-state index in [0.717, 1.165) is 23.7 Å². The van der Waals surface area contributed by atoms with Crippen LogP contribution in [0.15, 0.2) is 18.2 Å². The number of ether oxygens (including phenoxy) is 2. The quantitative estimate of drug-likeness (QED) is 0.549. The van der Waals surface area contributed by atoms with Crippen LogP contribution in [-0.2, 0) is 4.74 Å². The molecule has 0 bridgehead atoms. The second kappa shape index (κ2) is 7.69. The molecular weight excluding hydrogens is 426 g/mol. The van der Waals surface area contributed by atoms with E-state index in [1.54, 1.807) is 12.1 Å². The van der Waals surface area contributed by atoms with E-state index in [0.29, 0.717) is 46.7 Å². The number of aromatic carboxylic acids is 1. The van der Waals surface area contributed by atoms with E-state index < -0.39 is 5.97 Å². The fourth-order valence-corrected chi connectivity index (χ4v) is 10.5. The number of methoxy groups -OCH3 is 1. The van der Waals surface area contributed by atoms with Gasteiger partial charge in [-0.2, -0.15) is 0 Å². The van der Waals surface area contributed by atoms with E-state index in [1.807, 2.05) is 7.11 Å². The lowest BCUT2D eigenvalue weighted by Gasteiger charge is -2.61. The third-order valence-electron chi connectivity index (χ3n) is 12.0. The molecule has 5 heteroatoms. The van der Waals surface area contributed by atoms with Gasteiger partial charge in [-0.05, 0) is 104 Å². The summed E-state index contributed by atoms with van der Waals surface area (Å²) in [6.45, 7) is 8.15. The Hall–Kier alpha value is -1.62. The van der Waals surface area contributed by atoms with Crippen molar-refractivity contribution in [2.45, 2.75) is 78.2 Å². The molecule has 1 aromatic heterocycles. The normalized spacial score (nSPS) is 47.2. The molecule has 0 amide bonds. The third-order valence-corrected chi connectivity index (χ3v) is 12.0. The van der Waals surface area contributed by atoms with Crippen molar-refractivity contribution < 1.29 is 19.4 Å². The van der Waals surface area contributed by atoms with Crippen LogP contribution in [0.25, 0.3) is 0 Å². The highest BCUT2D eigenvalue weighted by molar-refractivity contribution is 5.85. The van der Waals surface area contributed by atoms with Crippen molar-refractivity contribution in [1.82, 2.24) is 4.98 Å². The number of carboxylic acids is 1. The highest BCUT2D eigenvalue weighted by atomic mass is 16.5. The van der Waals surface area contributed by atoms with Gasteiger partial charge < -0.3 is 14.6 Å². The maximum Gasteiger partial charge on any atom is 0.354 e. The van der Waals surface area contributed by atoms with Crippen molar-refractivity contribution in [3.63, 3.8) is 0 Å². The zero-order chi connectivity index (χ0) is 23.9. The molecule has 1 heterocycles. The lowest BCUT2D eigenvalue weighted by atomic mass is 9.45. The summed E-state index contributed by atoms with van der Waals surface area (Å²) in [5.74, 6) is 3.86. The molecule has 5 aliphatic carbocycles. The number of rotatable bonds is 6. The molecule has 5 saturated carbocycles. The second-order valence-electron chi connectivity index (χ2n) is 12.9. The molecule has 34 heavy (non-hydrogen) atoms. The zero-order valence-electron chi connectivity index (χ0n) is 21.3. The van der Waals surface area contributed by atoms with Gasteiger partial charge in [0.05, 0.1) is 12.7 Å². The molecule has 1 N–H and O–H groups in total. The monoisotopic (exact) mass is 467 g/mol. The number of pyridine rings is 1. The van der Waals surface area contributed by atoms with Crippen molar-refractivity contribution in [2.24, 2.45) is 51.8 Å². The van der Waals surface area contributed by atoms with Gasteiger partial charge in [0.2, 0.25) is 5.88 Å². The van der Waals surface area contributed by atoms with Crippen molar-refractivity contribution in [2.75, 3.05) is 13.7 Å². The molecule has 5 aliphatic rings. The summed E-state index contributed by atoms with van der Waals surface area (Å²) >= 11 is 0. The largest absolute Gasteiger partial charge is 0.477 e. The van der Waals surface area contributed by atoms with Gasteiger partial charge in [0.15, 0.2) is 5.69 Å². The minimum atomic E-state index is -1.02. The number of carbonyl (C=O) groups is 1. The number of aromatic nitrogens is 1. The average molecular weight is 468 g/mol. The smallest absolute Gasteiger partial charge is 0.354 e. The Kier molecular flexibility index (Phi) is 5.16. The predicted octanol–water partition coefficient (Wildman–Crippen LogP) is 6.08. The van der Waals surface area contributed by atoms with Gasteiger partial charge in [-0.15, -0.1) is 0 Å². The molecule has 10 atom stereocenters. The van der Waals surface area contributed by atoms with Crippen molar-refractivity contribution in [1.29, 1.82) is 0 Å². The molecule has 1 aromatic rings. The fraction of sp³-hybridized carbons (Fsp3) is 0.793. The Morgan fingerprint density at radius 2 is 2.00 bits per heavy atom. The molecule has 186 valence electrons. The summed E-state index contributed by atoms with van der Waals surface area (Å²) in [6, 6.07) is 4.98. The first-order valence-corrected chi connectivity index (χ1v) is 13.6. The predicted molar refractivity (Wildman–Crippen MR) is 130 cm³/mol. The molecule has 0 radical (unpaired) electrons. The Morgan fingerprint density at radius 3 is 2.74 bits per heavy atom. The van der Waals surface area contributed by atoms with E-state index in [4.69, 9.17) is 9.47 Å². The summed E-state index contributed by atoms with van der Waals surface area (Å²) in [5.41, 5.74) is 1.38. The zero-order valence-corrected chi connectivity index (χ0v) is 21.3. The summed E-state index contributed by atoms with van der Waals surface area (Å²) in [7, 11) is 1.97. The van der Waals surface area contributed by atoms with Gasteiger partial charge >= 0.3 is 5.97 Å². The number of carboxylic acid groups (broad SMARTS) is 1. The van der Waals surface area contributed by atoms with Crippen LogP contribution in [0.1, 0.15) is 82.6 Å². The first-order valence-electron chi connectivity index (χ1n) is 13.6. The topological polar surface area (TPSA) is 68.7 Å². The average Bonchev–Trinajstić information content (AvgIpc) is 3.33. The summed E-state index contributed by atoms with van der Waals surface area (Å²) in [5, 5.41) is 9.22. The van der Waals surface area contributed by atoms with Gasteiger partial charge in [0.25, 0.3) is 0 Å². The maximum absolute atomic E-state index is 11.2. The first-order chi connectivity index (χ1) is 16.2. The molecule has 2 unspecified atom stereocenters. The molecule has 5 fully saturated rings. The standard InChI is InChI=1S/C29H41NO4/c1-17(16-34-25-7-5-6-23(30-25)26(31)32)20-8-9-21-19-14-24(33-4)29-15-18(29)10-13-28(29,3)22(19)11-12-27(20,21)2/h5-7,17-22,24H,8-16H2,1-4H3,(H,31,32)/t17-,18-,19+,20-,21+,22+,24?,27-,28-,29?/m1/s1. The van der Waals surface area contributed by atoms with Crippen LogP contribution < -0.4 is 4.74 Å². The van der Waals surface area contributed by atoms with E-state index in [9.17, 15) is 9.90 Å². The van der Waals surface area contributed by atoms with Crippen LogP contribution in [0, 0.1) is 51.8 Å². The SMILES string of the molecule is COC1C[C@H]2[C@@H]3CC[C@H]([C@H](C)COc4cccc(C(=O)O)n4)[C@@]3(C)CC[C@@H]2[C@@]2(C)CC[C@@H]3CC132. The van der Waals surface area contributed by atoms with Gasteiger partial charge in [0.1, 0.15) is 0 Å². The molecule has 6 rings (SSSR count). The van der Waals surface area contributed by atoms with Gasteiger partial charge in [-0.3, -0.25) is 0 Å². The highest BCUT2D eigenvalue weighted by Gasteiger charge is 2.77. The molecule has 0 aromatic carbocycles. The van der Waals surface area contributed by atoms with Crippen LogP contribution in [-0.4, -0.2) is 35.9 Å². The fourth-order valence-electron chi connectivity index (χ4n) is 10.5. The Morgan fingerprint density at radius 1 is 1.18 bits per heavy atom. The lowest BCUT2D eigenvalue weighted by molar-refractivity contribution is -0.161. The lowest BCUT2D eigenvalue weighted by Crippen LogP contribution is -2.57. The van der Waals surface area contributed by atoms with Crippen LogP contribution in [0.3, 0.4) is 0 Å². The summed E-state index contributed by atoms with van der Waals surface area (Å²) in [6.07, 6.45) is 11.3. The third kappa shape index (κ3) is 2.94. The van der Waals surface area contributed by atoms with Crippen LogP contribution in [0.2, 0.25) is 0 Å². The van der Waals surface area contributed by atoms with Gasteiger partial charge in [-0.25, -0.2) is 9.78 Å². The number of hydrogen-bond acceptors (Lipinski definition) is 4. The van der Waals surface area contributed by atoms with Gasteiger partial charge in [-0.1, -0.05) is 26.8 Å². The van der Waals surface area contributed by atoms with Crippen molar-refractivity contribution >= 4 is 5.97 Å². The summed E-state index contributed by atoms with van der Waals surface area (Å²) < 4.78 is 12.3. The molecule has 0 saturated heterocycles. The van der Waals surface area contributed by atoms with Crippen LogP contribution in [0.4, 0.5) is 0 Å². The number of fused-ring (bicyclic) bond motifs is 4. The molecule has 0 aliphatic heterocycles. The number of nitrogens with zero attached hydrogens (tertiary/aromatic N) is 1. The second-order valence-corrected chi connectivity index (χ2v) is 12.9. The van der Waals surface area contributed by atoms with Crippen LogP contribution in [0.5, 0.6) is 5.88 Å². The minimum absolute atomic E-state index is 0.0393. The molecule has 5 nitrogen and oxygen atoms in total. The Bertz CT molecular complexity index is 981. The number of hydrogen-bond donors (Lipinski definition) is 1. The Balaban J connectivity index is 1.18. The summed E-state index contributed by atoms with van der Waals surface area (Å²) in [4.78, 5) is 15.4. The molecular formula is C29H41NO4. The van der Waals surface area contributed by atoms with Crippen LogP contribution >= 0.6 is 0 Å². The maximum atomic E-state index is 11.2. The van der Waals surface area contributed by atoms with Crippen molar-refractivity contribution in [3.8, 4) is 5.88 Å². The van der Waals surface area contributed by atoms with E-state index in [2.05, 4.69) is 25.8 Å². The van der Waals surface area contributed by atoms with E-state index in [1.165, 1.54) is 57.4 Å².